The zero-order valence-electron chi connectivity index (χ0n) is 12.9. The van der Waals surface area contributed by atoms with Crippen molar-refractivity contribution in [3.05, 3.63) is 0 Å². The van der Waals surface area contributed by atoms with E-state index >= 15 is 0 Å². The standard InChI is InChI=1S/C16H26N4S2/c21-15(17-13-7-9-1-3-11(13)5-9)19-20-16(22)18-14-8-10-2-4-12(14)6-10/h9-14H,1-8H2,(H2,17,19,21)(H2,18,20,22)/t9-,10-,11-,12-,13-,14-/m1/s1. The van der Waals surface area contributed by atoms with Gasteiger partial charge in [-0.2, -0.15) is 0 Å². The number of fused-ring (bicyclic) bond motifs is 4. The summed E-state index contributed by atoms with van der Waals surface area (Å²) < 4.78 is 0. The van der Waals surface area contributed by atoms with E-state index in [2.05, 4.69) is 21.5 Å². The van der Waals surface area contributed by atoms with Crippen molar-refractivity contribution in [1.82, 2.24) is 21.5 Å². The molecule has 0 amide bonds. The lowest BCUT2D eigenvalue weighted by Crippen LogP contribution is -2.54. The van der Waals surface area contributed by atoms with Crippen molar-refractivity contribution in [3.8, 4) is 0 Å². The Bertz CT molecular complexity index is 427. The summed E-state index contributed by atoms with van der Waals surface area (Å²) in [6.45, 7) is 0. The molecule has 0 radical (unpaired) electrons. The third-order valence-electron chi connectivity index (χ3n) is 6.40. The number of rotatable bonds is 2. The van der Waals surface area contributed by atoms with Gasteiger partial charge < -0.3 is 10.6 Å². The minimum atomic E-state index is 0.563. The quantitative estimate of drug-likeness (QED) is 0.457. The molecule has 0 aromatic heterocycles. The van der Waals surface area contributed by atoms with E-state index in [-0.39, 0.29) is 0 Å². The van der Waals surface area contributed by atoms with Crippen molar-refractivity contribution in [1.29, 1.82) is 0 Å². The SMILES string of the molecule is S=C(NNC(=S)N[C@@H]1C[C@@H]2CC[C@@H]1C2)N[C@@H]1C[C@@H]2CC[C@@H]1C2. The van der Waals surface area contributed by atoms with E-state index in [9.17, 15) is 0 Å². The van der Waals surface area contributed by atoms with Gasteiger partial charge in [0.05, 0.1) is 0 Å². The summed E-state index contributed by atoms with van der Waals surface area (Å²) in [5.41, 5.74) is 6.11. The summed E-state index contributed by atoms with van der Waals surface area (Å²) in [6, 6.07) is 1.13. The maximum atomic E-state index is 5.39. The molecule has 0 spiro atoms. The largest absolute Gasteiger partial charge is 0.358 e. The molecule has 6 atom stereocenters. The lowest BCUT2D eigenvalue weighted by atomic mass is 9.95. The summed E-state index contributed by atoms with van der Waals surface area (Å²) in [5.74, 6) is 3.50. The van der Waals surface area contributed by atoms with Gasteiger partial charge in [-0.1, -0.05) is 12.8 Å². The third-order valence-corrected chi connectivity index (χ3v) is 6.84. The van der Waals surface area contributed by atoms with Gasteiger partial charge in [0.25, 0.3) is 0 Å². The van der Waals surface area contributed by atoms with E-state index < -0.39 is 0 Å². The van der Waals surface area contributed by atoms with E-state index in [1.54, 1.807) is 0 Å². The summed E-state index contributed by atoms with van der Waals surface area (Å²) in [7, 11) is 0. The van der Waals surface area contributed by atoms with Crippen molar-refractivity contribution in [2.75, 3.05) is 0 Å². The van der Waals surface area contributed by atoms with E-state index in [4.69, 9.17) is 24.4 Å². The number of hydrazine groups is 1. The van der Waals surface area contributed by atoms with Gasteiger partial charge in [-0.15, -0.1) is 0 Å². The first-order valence-electron chi connectivity index (χ1n) is 8.80. The van der Waals surface area contributed by atoms with E-state index in [0.717, 1.165) is 23.7 Å². The van der Waals surface area contributed by atoms with Gasteiger partial charge in [0.2, 0.25) is 0 Å². The van der Waals surface area contributed by atoms with E-state index in [0.29, 0.717) is 22.3 Å². The molecule has 4 bridgehead atoms. The molecule has 22 heavy (non-hydrogen) atoms. The number of hydrogen-bond donors (Lipinski definition) is 4. The molecule has 4 nitrogen and oxygen atoms in total. The van der Waals surface area contributed by atoms with Crippen LogP contribution in [0.1, 0.15) is 51.4 Å². The van der Waals surface area contributed by atoms with Crippen LogP contribution in [-0.4, -0.2) is 22.3 Å². The van der Waals surface area contributed by atoms with Gasteiger partial charge in [0.15, 0.2) is 10.2 Å². The van der Waals surface area contributed by atoms with Gasteiger partial charge in [-0.25, -0.2) is 0 Å². The van der Waals surface area contributed by atoms with Crippen molar-refractivity contribution < 1.29 is 0 Å². The summed E-state index contributed by atoms with van der Waals surface area (Å²) in [5, 5.41) is 8.26. The summed E-state index contributed by atoms with van der Waals surface area (Å²) in [6.07, 6.45) is 10.9. The van der Waals surface area contributed by atoms with Crippen LogP contribution in [0.5, 0.6) is 0 Å². The van der Waals surface area contributed by atoms with Crippen LogP contribution in [0, 0.1) is 23.7 Å². The molecule has 4 N–H and O–H groups in total. The second kappa shape index (κ2) is 6.11. The number of thiocarbonyl (C=S) groups is 2. The molecule has 6 heteroatoms. The Morgan fingerprint density at radius 1 is 0.636 bits per heavy atom. The van der Waals surface area contributed by atoms with Crippen molar-refractivity contribution in [3.63, 3.8) is 0 Å². The van der Waals surface area contributed by atoms with Gasteiger partial charge >= 0.3 is 0 Å². The van der Waals surface area contributed by atoms with Gasteiger partial charge in [0, 0.05) is 12.1 Å². The fraction of sp³-hybridized carbons (Fsp3) is 0.875. The first-order chi connectivity index (χ1) is 10.7. The summed E-state index contributed by atoms with van der Waals surface area (Å²) >= 11 is 10.8. The van der Waals surface area contributed by atoms with Crippen LogP contribution in [0.4, 0.5) is 0 Å². The molecule has 4 aliphatic rings. The van der Waals surface area contributed by atoms with Crippen LogP contribution >= 0.6 is 24.4 Å². The molecule has 0 aromatic rings. The molecule has 122 valence electrons. The Morgan fingerprint density at radius 2 is 1.09 bits per heavy atom. The molecule has 0 aliphatic heterocycles. The molecule has 0 unspecified atom stereocenters. The maximum Gasteiger partial charge on any atom is 0.185 e. The molecular weight excluding hydrogens is 312 g/mol. The molecular formula is C16H26N4S2. The lowest BCUT2D eigenvalue weighted by molar-refractivity contribution is 0.385. The van der Waals surface area contributed by atoms with E-state index in [1.807, 2.05) is 0 Å². The van der Waals surface area contributed by atoms with Crippen molar-refractivity contribution >= 4 is 34.7 Å². The smallest absolute Gasteiger partial charge is 0.185 e. The molecule has 0 heterocycles. The third kappa shape index (κ3) is 3.04. The van der Waals surface area contributed by atoms with Crippen LogP contribution in [0.15, 0.2) is 0 Å². The van der Waals surface area contributed by atoms with Crippen LogP contribution < -0.4 is 21.5 Å². The topological polar surface area (TPSA) is 48.1 Å². The second-order valence-corrected chi connectivity index (χ2v) is 8.58. The minimum absolute atomic E-state index is 0.563. The highest BCUT2D eigenvalue weighted by Crippen LogP contribution is 2.45. The number of nitrogens with one attached hydrogen (secondary N) is 4. The minimum Gasteiger partial charge on any atom is -0.358 e. The monoisotopic (exact) mass is 338 g/mol. The molecule has 4 fully saturated rings. The van der Waals surface area contributed by atoms with Crippen LogP contribution in [0.25, 0.3) is 0 Å². The van der Waals surface area contributed by atoms with Crippen molar-refractivity contribution in [2.45, 2.75) is 63.5 Å². The first-order valence-corrected chi connectivity index (χ1v) is 9.62. The average molecular weight is 339 g/mol. The highest BCUT2D eigenvalue weighted by Gasteiger charge is 2.40. The van der Waals surface area contributed by atoms with Crippen LogP contribution in [0.2, 0.25) is 0 Å². The predicted molar refractivity (Wildman–Crippen MR) is 96.2 cm³/mol. The molecule has 4 saturated carbocycles. The van der Waals surface area contributed by atoms with Crippen LogP contribution in [0.3, 0.4) is 0 Å². The summed E-state index contributed by atoms with van der Waals surface area (Å²) in [4.78, 5) is 0. The zero-order valence-corrected chi connectivity index (χ0v) is 14.6. The Morgan fingerprint density at radius 3 is 1.41 bits per heavy atom. The molecule has 0 saturated heterocycles. The van der Waals surface area contributed by atoms with Crippen molar-refractivity contribution in [2.24, 2.45) is 23.7 Å². The Balaban J connectivity index is 1.16. The van der Waals surface area contributed by atoms with E-state index in [1.165, 1.54) is 51.4 Å². The Hall–Kier alpha value is -0.620. The predicted octanol–water partition coefficient (Wildman–Crippen LogP) is 2.21. The number of hydrogen-bond acceptors (Lipinski definition) is 2. The molecule has 0 aromatic carbocycles. The highest BCUT2D eigenvalue weighted by atomic mass is 32.1. The Labute approximate surface area is 143 Å². The average Bonchev–Trinajstić information content (AvgIpc) is 3.25. The molecule has 4 aliphatic carbocycles. The fourth-order valence-electron chi connectivity index (χ4n) is 5.37. The van der Waals surface area contributed by atoms with Gasteiger partial charge in [-0.3, -0.25) is 10.9 Å². The maximum absolute atomic E-state index is 5.39. The van der Waals surface area contributed by atoms with Gasteiger partial charge in [0.1, 0.15) is 0 Å². The Kier molecular flexibility index (Phi) is 4.15. The zero-order chi connectivity index (χ0) is 15.1. The highest BCUT2D eigenvalue weighted by molar-refractivity contribution is 7.80. The normalized spacial score (nSPS) is 41.5. The lowest BCUT2D eigenvalue weighted by Gasteiger charge is -2.26. The second-order valence-electron chi connectivity index (χ2n) is 7.76. The van der Waals surface area contributed by atoms with Gasteiger partial charge in [-0.05, 0) is 86.6 Å². The fourth-order valence-corrected chi connectivity index (χ4v) is 5.77. The molecule has 4 rings (SSSR count). The van der Waals surface area contributed by atoms with Crippen LogP contribution in [-0.2, 0) is 0 Å². The first kappa shape index (κ1) is 14.9.